The fourth-order valence-corrected chi connectivity index (χ4v) is 2.41. The van der Waals surface area contributed by atoms with Crippen LogP contribution in [-0.4, -0.2) is 32.3 Å². The van der Waals surface area contributed by atoms with E-state index < -0.39 is 6.10 Å². The van der Waals surface area contributed by atoms with Gasteiger partial charge in [0.25, 0.3) is 5.91 Å². The van der Waals surface area contributed by atoms with Crippen molar-refractivity contribution < 1.29 is 14.3 Å². The van der Waals surface area contributed by atoms with Gasteiger partial charge in [0.05, 0.1) is 5.69 Å². The predicted molar refractivity (Wildman–Crippen MR) is 79.5 cm³/mol. The number of fused-ring (bicyclic) bond motifs is 1. The Labute approximate surface area is 120 Å². The molecule has 1 unspecified atom stereocenters. The number of ether oxygens (including phenoxy) is 2. The number of rotatable bonds is 5. The molecule has 2 rings (SSSR count). The van der Waals surface area contributed by atoms with Crippen molar-refractivity contribution in [1.82, 2.24) is 0 Å². The molecule has 1 aliphatic heterocycles. The van der Waals surface area contributed by atoms with Crippen LogP contribution in [0.15, 0.2) is 12.1 Å². The third kappa shape index (κ3) is 2.96. The summed E-state index contributed by atoms with van der Waals surface area (Å²) < 4.78 is 10.8. The van der Waals surface area contributed by atoms with Crippen molar-refractivity contribution in [2.75, 3.05) is 25.2 Å². The number of hydrogen-bond acceptors (Lipinski definition) is 3. The molecule has 0 saturated carbocycles. The van der Waals surface area contributed by atoms with Gasteiger partial charge in [-0.2, -0.15) is 0 Å². The fraction of sp³-hybridized carbons (Fsp3) is 0.562. The summed E-state index contributed by atoms with van der Waals surface area (Å²) in [6, 6.07) is 4.07. The minimum atomic E-state index is -0.410. The van der Waals surface area contributed by atoms with E-state index in [1.54, 1.807) is 7.11 Å². The highest BCUT2D eigenvalue weighted by Gasteiger charge is 2.31. The smallest absolute Gasteiger partial charge is 0.267 e. The minimum Gasteiger partial charge on any atom is -0.479 e. The molecule has 1 atom stereocenters. The molecule has 4 heteroatoms. The summed E-state index contributed by atoms with van der Waals surface area (Å²) in [5.74, 6) is 0.852. The number of carbonyl (C=O) groups excluding carboxylic acids is 1. The second-order valence-corrected chi connectivity index (χ2v) is 5.35. The molecule has 0 aliphatic carbocycles. The van der Waals surface area contributed by atoms with E-state index >= 15 is 0 Å². The summed E-state index contributed by atoms with van der Waals surface area (Å²) >= 11 is 0. The van der Waals surface area contributed by atoms with Crippen LogP contribution in [0.4, 0.5) is 5.69 Å². The Hall–Kier alpha value is -1.55. The van der Waals surface area contributed by atoms with Gasteiger partial charge in [0, 0.05) is 20.3 Å². The monoisotopic (exact) mass is 277 g/mol. The van der Waals surface area contributed by atoms with Gasteiger partial charge in [0.15, 0.2) is 6.10 Å². The van der Waals surface area contributed by atoms with Gasteiger partial charge in [-0.15, -0.1) is 0 Å². The van der Waals surface area contributed by atoms with Crippen LogP contribution in [0.25, 0.3) is 0 Å². The van der Waals surface area contributed by atoms with Gasteiger partial charge in [-0.3, -0.25) is 4.79 Å². The Balaban J connectivity index is 2.22. The molecule has 1 amide bonds. The molecule has 1 aromatic carbocycles. The zero-order chi connectivity index (χ0) is 14.7. The Bertz CT molecular complexity index is 499. The number of amides is 1. The minimum absolute atomic E-state index is 0.0400. The van der Waals surface area contributed by atoms with E-state index in [0.29, 0.717) is 6.54 Å². The van der Waals surface area contributed by atoms with Crippen molar-refractivity contribution in [1.29, 1.82) is 0 Å². The number of aryl methyl sites for hydroxylation is 2. The second-order valence-electron chi connectivity index (χ2n) is 5.35. The molecule has 0 N–H and O–H groups in total. The van der Waals surface area contributed by atoms with Crippen LogP contribution in [0.3, 0.4) is 0 Å². The number of methoxy groups -OCH3 is 1. The van der Waals surface area contributed by atoms with Crippen LogP contribution < -0.4 is 9.64 Å². The third-order valence-electron chi connectivity index (χ3n) is 3.76. The van der Waals surface area contributed by atoms with Crippen molar-refractivity contribution in [3.05, 3.63) is 23.3 Å². The highest BCUT2D eigenvalue weighted by atomic mass is 16.5. The van der Waals surface area contributed by atoms with Gasteiger partial charge in [0.2, 0.25) is 0 Å². The van der Waals surface area contributed by atoms with E-state index in [4.69, 9.17) is 9.47 Å². The lowest BCUT2D eigenvalue weighted by Gasteiger charge is -2.33. The normalized spacial score (nSPS) is 17.9. The van der Waals surface area contributed by atoms with E-state index in [-0.39, 0.29) is 5.91 Å². The fourth-order valence-electron chi connectivity index (χ4n) is 2.41. The zero-order valence-corrected chi connectivity index (χ0v) is 12.7. The Morgan fingerprint density at radius 3 is 2.65 bits per heavy atom. The zero-order valence-electron chi connectivity index (χ0n) is 12.7. The van der Waals surface area contributed by atoms with Crippen LogP contribution in [0, 0.1) is 13.8 Å². The van der Waals surface area contributed by atoms with E-state index in [2.05, 4.69) is 13.8 Å². The first-order chi connectivity index (χ1) is 9.54. The molecule has 20 heavy (non-hydrogen) atoms. The van der Waals surface area contributed by atoms with E-state index in [1.165, 1.54) is 11.1 Å². The van der Waals surface area contributed by atoms with Crippen LogP contribution in [0.1, 0.15) is 30.9 Å². The molecule has 4 nitrogen and oxygen atoms in total. The topological polar surface area (TPSA) is 38.8 Å². The average Bonchev–Trinajstić information content (AvgIpc) is 2.41. The summed E-state index contributed by atoms with van der Waals surface area (Å²) in [4.78, 5) is 14.2. The molecule has 0 aromatic heterocycles. The van der Waals surface area contributed by atoms with Crippen LogP contribution in [-0.2, 0) is 9.53 Å². The quantitative estimate of drug-likeness (QED) is 0.777. The number of carbonyl (C=O) groups is 1. The van der Waals surface area contributed by atoms with Crippen molar-refractivity contribution in [3.63, 3.8) is 0 Å². The second kappa shape index (κ2) is 6.27. The van der Waals surface area contributed by atoms with Crippen molar-refractivity contribution >= 4 is 11.6 Å². The van der Waals surface area contributed by atoms with Crippen molar-refractivity contribution in [2.24, 2.45) is 0 Å². The molecule has 1 heterocycles. The van der Waals surface area contributed by atoms with Gasteiger partial charge in [0.1, 0.15) is 5.75 Å². The number of nitrogens with zero attached hydrogens (tertiary/aromatic N) is 1. The van der Waals surface area contributed by atoms with E-state index in [1.807, 2.05) is 24.0 Å². The molecule has 0 fully saturated rings. The molecule has 0 spiro atoms. The number of anilines is 1. The Morgan fingerprint density at radius 2 is 1.95 bits per heavy atom. The van der Waals surface area contributed by atoms with Crippen molar-refractivity contribution in [3.8, 4) is 5.75 Å². The van der Waals surface area contributed by atoms with Crippen LogP contribution in [0.5, 0.6) is 5.75 Å². The summed E-state index contributed by atoms with van der Waals surface area (Å²) in [6.07, 6.45) is 1.47. The maximum absolute atomic E-state index is 12.3. The van der Waals surface area contributed by atoms with Gasteiger partial charge in [-0.1, -0.05) is 0 Å². The van der Waals surface area contributed by atoms with Gasteiger partial charge in [-0.25, -0.2) is 0 Å². The molecule has 0 saturated heterocycles. The summed E-state index contributed by atoms with van der Waals surface area (Å²) in [6.45, 7) is 7.37. The highest BCUT2D eigenvalue weighted by Crippen LogP contribution is 2.36. The average molecular weight is 277 g/mol. The standard InChI is InChI=1S/C16H23NO3/c1-11-9-14-15(10-12(11)2)20-13(3)16(18)17(14)7-5-6-8-19-4/h9-10,13H,5-8H2,1-4H3. The largest absolute Gasteiger partial charge is 0.479 e. The summed E-state index contributed by atoms with van der Waals surface area (Å²) in [7, 11) is 1.70. The predicted octanol–water partition coefficient (Wildman–Crippen LogP) is 2.84. The Kier molecular flexibility index (Phi) is 4.65. The van der Waals surface area contributed by atoms with Gasteiger partial charge >= 0.3 is 0 Å². The third-order valence-corrected chi connectivity index (χ3v) is 3.76. The first kappa shape index (κ1) is 14.9. The first-order valence-electron chi connectivity index (χ1n) is 7.13. The summed E-state index contributed by atoms with van der Waals surface area (Å²) in [5, 5.41) is 0. The number of benzene rings is 1. The number of unbranched alkanes of at least 4 members (excludes halogenated alkanes) is 1. The van der Waals surface area contributed by atoms with Crippen LogP contribution in [0.2, 0.25) is 0 Å². The Morgan fingerprint density at radius 1 is 1.25 bits per heavy atom. The highest BCUT2D eigenvalue weighted by molar-refractivity contribution is 6.00. The lowest BCUT2D eigenvalue weighted by atomic mass is 10.1. The first-order valence-corrected chi connectivity index (χ1v) is 7.13. The molecule has 0 bridgehead atoms. The lowest BCUT2D eigenvalue weighted by molar-refractivity contribution is -0.125. The van der Waals surface area contributed by atoms with Gasteiger partial charge in [-0.05, 0) is 56.9 Å². The SMILES string of the molecule is COCCCCN1C(=O)C(C)Oc2cc(C)c(C)cc21. The molecule has 1 aromatic rings. The maximum Gasteiger partial charge on any atom is 0.267 e. The maximum atomic E-state index is 12.3. The molecular weight excluding hydrogens is 254 g/mol. The molecule has 1 aliphatic rings. The molecule has 0 radical (unpaired) electrons. The molecule has 110 valence electrons. The van der Waals surface area contributed by atoms with E-state index in [9.17, 15) is 4.79 Å². The van der Waals surface area contributed by atoms with Gasteiger partial charge < -0.3 is 14.4 Å². The lowest BCUT2D eigenvalue weighted by Crippen LogP contribution is -2.45. The summed E-state index contributed by atoms with van der Waals surface area (Å²) in [5.41, 5.74) is 3.26. The van der Waals surface area contributed by atoms with E-state index in [0.717, 1.165) is 30.9 Å². The van der Waals surface area contributed by atoms with Crippen LogP contribution >= 0.6 is 0 Å². The van der Waals surface area contributed by atoms with Crippen molar-refractivity contribution in [2.45, 2.75) is 39.7 Å². The molecular formula is C16H23NO3. The number of hydrogen-bond donors (Lipinski definition) is 0.